The lowest BCUT2D eigenvalue weighted by Gasteiger charge is -2.43. The molecule has 3 atom stereocenters. The van der Waals surface area contributed by atoms with Crippen molar-refractivity contribution in [2.45, 2.75) is 29.5 Å². The van der Waals surface area contributed by atoms with Gasteiger partial charge in [-0.1, -0.05) is 42.1 Å². The normalized spacial score (nSPS) is 20.5. The molecule has 2 saturated heterocycles. The number of tetrazole rings is 1. The highest BCUT2D eigenvalue weighted by molar-refractivity contribution is 8.00. The van der Waals surface area contributed by atoms with Crippen molar-refractivity contribution in [3.63, 3.8) is 0 Å². The van der Waals surface area contributed by atoms with E-state index in [1.165, 1.54) is 28.8 Å². The minimum absolute atomic E-state index is 0.0858. The van der Waals surface area contributed by atoms with Crippen molar-refractivity contribution in [3.05, 3.63) is 35.9 Å². The summed E-state index contributed by atoms with van der Waals surface area (Å²) in [5.74, 6) is -3.97. The molecule has 2 aromatic rings. The third kappa shape index (κ3) is 5.54. The summed E-state index contributed by atoms with van der Waals surface area (Å²) in [4.78, 5) is 65.7. The molecule has 208 valence electrons. The number of hydrogen-bond acceptors (Lipinski definition) is 11. The van der Waals surface area contributed by atoms with Gasteiger partial charge in [0.05, 0.1) is 0 Å². The number of amides is 6. The lowest BCUT2D eigenvalue weighted by molar-refractivity contribution is -0.153. The number of aromatic nitrogens is 4. The average Bonchev–Trinajstić information content (AvgIpc) is 3.30. The fourth-order valence-corrected chi connectivity index (χ4v) is 6.10. The second-order valence-corrected chi connectivity index (χ2v) is 10.7. The SMILES string of the molecule is CCN1CCN(C(=O)N[C@@H](C(=O)N[C@@H]2C(=O)N(S(=O)(=O)O)[C@H]2Sc2nnnn2C)c2ccccc2)C(=O)C1=O. The fraction of sp³-hybridized carbons (Fsp3) is 0.400. The van der Waals surface area contributed by atoms with Crippen LogP contribution in [0.3, 0.4) is 0 Å². The monoisotopic (exact) mass is 581 g/mol. The second-order valence-electron chi connectivity index (χ2n) is 8.33. The van der Waals surface area contributed by atoms with Crippen LogP contribution in [0.25, 0.3) is 0 Å². The number of carbonyl (C=O) groups is 5. The van der Waals surface area contributed by atoms with Crippen LogP contribution in [-0.4, -0.2) is 108 Å². The Morgan fingerprint density at radius 3 is 2.44 bits per heavy atom. The number of nitrogens with zero attached hydrogens (tertiary/aromatic N) is 7. The van der Waals surface area contributed by atoms with Gasteiger partial charge < -0.3 is 15.5 Å². The number of carbonyl (C=O) groups excluding carboxylic acids is 5. The zero-order chi connectivity index (χ0) is 28.5. The molecule has 6 amide bonds. The van der Waals surface area contributed by atoms with Crippen molar-refractivity contribution >= 4 is 51.7 Å². The molecule has 1 aromatic heterocycles. The maximum absolute atomic E-state index is 13.4. The summed E-state index contributed by atoms with van der Waals surface area (Å²) in [6, 6.07) is 3.95. The summed E-state index contributed by atoms with van der Waals surface area (Å²) < 4.78 is 34.5. The van der Waals surface area contributed by atoms with Crippen molar-refractivity contribution in [2.75, 3.05) is 19.6 Å². The second kappa shape index (κ2) is 10.9. The van der Waals surface area contributed by atoms with Gasteiger partial charge in [0.1, 0.15) is 17.5 Å². The lowest BCUT2D eigenvalue weighted by atomic mass is 10.0. The van der Waals surface area contributed by atoms with Gasteiger partial charge in [0.2, 0.25) is 11.1 Å². The largest absolute Gasteiger partial charge is 0.363 e. The van der Waals surface area contributed by atoms with E-state index in [4.69, 9.17) is 0 Å². The van der Waals surface area contributed by atoms with Gasteiger partial charge in [-0.25, -0.2) is 9.48 Å². The first-order valence-corrected chi connectivity index (χ1v) is 13.7. The van der Waals surface area contributed by atoms with Crippen LogP contribution in [-0.2, 0) is 36.5 Å². The van der Waals surface area contributed by atoms with Crippen LogP contribution < -0.4 is 10.6 Å². The van der Waals surface area contributed by atoms with E-state index in [1.54, 1.807) is 25.1 Å². The summed E-state index contributed by atoms with van der Waals surface area (Å²) in [5.41, 5.74) is 0.273. The Morgan fingerprint density at radius 2 is 1.85 bits per heavy atom. The number of rotatable bonds is 8. The standard InChI is InChI=1S/C20H23N9O8S2/c1-3-27-9-10-28(17(33)16(27)32)19(34)22-12(11-7-5-4-6-8-11)14(30)21-13-15(31)29(39(35,36)37)18(13)38-20-23-24-25-26(20)2/h4-8,12-13,18H,3,9-10H2,1-2H3,(H,21,30)(H,22,34)(H,35,36,37)/t12-,13-,18+/m1/s1. The van der Waals surface area contributed by atoms with Crippen molar-refractivity contribution in [1.29, 1.82) is 0 Å². The maximum Gasteiger partial charge on any atom is 0.363 e. The number of aryl methyl sites for hydroxylation is 1. The Kier molecular flexibility index (Phi) is 7.84. The highest BCUT2D eigenvalue weighted by Gasteiger charge is 2.55. The third-order valence-electron chi connectivity index (χ3n) is 5.95. The van der Waals surface area contributed by atoms with E-state index in [0.29, 0.717) is 16.7 Å². The van der Waals surface area contributed by atoms with Gasteiger partial charge in [-0.2, -0.15) is 12.7 Å². The summed E-state index contributed by atoms with van der Waals surface area (Å²) in [6.07, 6.45) is 0. The van der Waals surface area contributed by atoms with E-state index in [0.717, 1.165) is 0 Å². The molecule has 19 heteroatoms. The number of thioether (sulfide) groups is 1. The van der Waals surface area contributed by atoms with E-state index in [1.807, 2.05) is 0 Å². The maximum atomic E-state index is 13.4. The molecule has 2 fully saturated rings. The lowest BCUT2D eigenvalue weighted by Crippen LogP contribution is -2.71. The summed E-state index contributed by atoms with van der Waals surface area (Å²) in [7, 11) is -3.53. The van der Waals surface area contributed by atoms with Gasteiger partial charge >= 0.3 is 28.1 Å². The molecular weight excluding hydrogens is 558 g/mol. The van der Waals surface area contributed by atoms with Crippen LogP contribution in [0.5, 0.6) is 0 Å². The molecule has 2 aliphatic rings. The van der Waals surface area contributed by atoms with E-state index >= 15 is 0 Å². The average molecular weight is 582 g/mol. The zero-order valence-corrected chi connectivity index (χ0v) is 22.1. The number of hydrogen-bond donors (Lipinski definition) is 3. The topological polar surface area (TPSA) is 217 Å². The molecule has 0 unspecified atom stereocenters. The minimum Gasteiger partial charge on any atom is -0.340 e. The highest BCUT2D eigenvalue weighted by Crippen LogP contribution is 2.36. The minimum atomic E-state index is -4.99. The predicted molar refractivity (Wildman–Crippen MR) is 130 cm³/mol. The van der Waals surface area contributed by atoms with E-state index in [9.17, 15) is 36.9 Å². The first kappa shape index (κ1) is 27.9. The predicted octanol–water partition coefficient (Wildman–Crippen LogP) is -2.10. The number of urea groups is 1. The Balaban J connectivity index is 1.56. The number of likely N-dealkylation sites (N-methyl/N-ethyl adjacent to an activating group) is 1. The highest BCUT2D eigenvalue weighted by atomic mass is 32.2. The van der Waals surface area contributed by atoms with Crippen LogP contribution >= 0.6 is 11.8 Å². The Bertz CT molecular complexity index is 1420. The fourth-order valence-electron chi connectivity index (χ4n) is 3.91. The summed E-state index contributed by atoms with van der Waals surface area (Å²) >= 11 is 0.695. The van der Waals surface area contributed by atoms with Gasteiger partial charge in [-0.05, 0) is 22.9 Å². The van der Waals surface area contributed by atoms with Gasteiger partial charge in [-0.15, -0.1) is 5.10 Å². The molecular formula is C20H23N9O8S2. The van der Waals surface area contributed by atoms with Crippen LogP contribution in [0.4, 0.5) is 4.79 Å². The first-order chi connectivity index (χ1) is 18.4. The molecule has 39 heavy (non-hydrogen) atoms. The quantitative estimate of drug-likeness (QED) is 0.174. The van der Waals surface area contributed by atoms with Gasteiger partial charge in [0.15, 0.2) is 0 Å². The molecule has 4 rings (SSSR count). The van der Waals surface area contributed by atoms with Crippen LogP contribution in [0.1, 0.15) is 18.5 Å². The smallest absolute Gasteiger partial charge is 0.340 e. The van der Waals surface area contributed by atoms with E-state index < -0.39 is 57.4 Å². The van der Waals surface area contributed by atoms with Gasteiger partial charge in [0, 0.05) is 26.7 Å². The zero-order valence-electron chi connectivity index (χ0n) is 20.5. The van der Waals surface area contributed by atoms with E-state index in [2.05, 4.69) is 26.2 Å². The molecule has 3 N–H and O–H groups in total. The van der Waals surface area contributed by atoms with Gasteiger partial charge in [0.25, 0.3) is 5.91 Å². The van der Waals surface area contributed by atoms with Crippen molar-refractivity contribution in [2.24, 2.45) is 7.05 Å². The van der Waals surface area contributed by atoms with Crippen LogP contribution in [0, 0.1) is 0 Å². The van der Waals surface area contributed by atoms with Crippen molar-refractivity contribution in [1.82, 2.24) is 44.9 Å². The molecule has 0 saturated carbocycles. The molecule has 2 aliphatic heterocycles. The van der Waals surface area contributed by atoms with Crippen molar-refractivity contribution < 1.29 is 36.9 Å². The number of imide groups is 1. The third-order valence-corrected chi connectivity index (χ3v) is 8.27. The Morgan fingerprint density at radius 1 is 1.15 bits per heavy atom. The molecule has 1 aromatic carbocycles. The number of nitrogens with one attached hydrogen (secondary N) is 2. The Hall–Kier alpha value is -4.10. The molecule has 3 heterocycles. The van der Waals surface area contributed by atoms with Gasteiger partial charge in [-0.3, -0.25) is 28.6 Å². The van der Waals surface area contributed by atoms with Crippen LogP contribution in [0.2, 0.25) is 0 Å². The first-order valence-electron chi connectivity index (χ1n) is 11.4. The number of benzene rings is 1. The summed E-state index contributed by atoms with van der Waals surface area (Å²) in [5, 5.41) is 14.3. The molecule has 0 bridgehead atoms. The van der Waals surface area contributed by atoms with E-state index in [-0.39, 0.29) is 34.7 Å². The number of β-lactam (4-membered cyclic amide) rings is 1. The van der Waals surface area contributed by atoms with Crippen LogP contribution in [0.15, 0.2) is 35.5 Å². The molecule has 0 spiro atoms. The summed E-state index contributed by atoms with van der Waals surface area (Å²) in [6.45, 7) is 2.00. The number of piperazine rings is 1. The molecule has 0 radical (unpaired) electrons. The molecule has 0 aliphatic carbocycles. The Labute approximate surface area is 225 Å². The molecule has 17 nitrogen and oxygen atoms in total. The van der Waals surface area contributed by atoms with Crippen molar-refractivity contribution in [3.8, 4) is 0 Å².